The molecule has 1 amide bonds. The first-order chi connectivity index (χ1) is 8.16. The lowest BCUT2D eigenvalue weighted by Crippen LogP contribution is -2.14. The van der Waals surface area contributed by atoms with Crippen molar-refractivity contribution in [1.82, 2.24) is 4.98 Å². The summed E-state index contributed by atoms with van der Waals surface area (Å²) in [6.07, 6.45) is 0. The highest BCUT2D eigenvalue weighted by Crippen LogP contribution is 2.17. The van der Waals surface area contributed by atoms with Crippen LogP contribution in [0.2, 0.25) is 0 Å². The molecule has 17 heavy (non-hydrogen) atoms. The molecule has 2 aromatic rings. The van der Waals surface area contributed by atoms with Crippen molar-refractivity contribution >= 4 is 23.2 Å². The summed E-state index contributed by atoms with van der Waals surface area (Å²) in [7, 11) is 0. The predicted octanol–water partition coefficient (Wildman–Crippen LogP) is 1.51. The maximum absolute atomic E-state index is 11.0. The van der Waals surface area contributed by atoms with Crippen molar-refractivity contribution in [3.05, 3.63) is 48.0 Å². The van der Waals surface area contributed by atoms with Gasteiger partial charge in [-0.3, -0.25) is 4.79 Å². The fraction of sp³-hybridized carbons (Fsp3) is 0. The van der Waals surface area contributed by atoms with Gasteiger partial charge in [0.05, 0.1) is 5.56 Å². The zero-order valence-electron chi connectivity index (χ0n) is 9.05. The molecule has 86 valence electrons. The fourth-order valence-corrected chi connectivity index (χ4v) is 1.42. The predicted molar refractivity (Wildman–Crippen MR) is 66.9 cm³/mol. The highest BCUT2D eigenvalue weighted by molar-refractivity contribution is 5.97. The number of carbonyl (C=O) groups is 1. The summed E-state index contributed by atoms with van der Waals surface area (Å²) >= 11 is 0. The lowest BCUT2D eigenvalue weighted by atomic mass is 10.2. The zero-order chi connectivity index (χ0) is 12.3. The monoisotopic (exact) mass is 228 g/mol. The van der Waals surface area contributed by atoms with E-state index in [0.717, 1.165) is 5.69 Å². The van der Waals surface area contributed by atoms with Gasteiger partial charge in [-0.2, -0.15) is 0 Å². The average Bonchev–Trinajstić information content (AvgIpc) is 2.30. The van der Waals surface area contributed by atoms with Crippen molar-refractivity contribution < 1.29 is 4.79 Å². The van der Waals surface area contributed by atoms with E-state index in [-0.39, 0.29) is 11.4 Å². The van der Waals surface area contributed by atoms with Gasteiger partial charge < -0.3 is 16.8 Å². The summed E-state index contributed by atoms with van der Waals surface area (Å²) in [6, 6.07) is 12.7. The van der Waals surface area contributed by atoms with Crippen LogP contribution in [0.4, 0.5) is 17.3 Å². The van der Waals surface area contributed by atoms with Gasteiger partial charge in [-0.05, 0) is 24.3 Å². The number of para-hydroxylation sites is 1. The smallest absolute Gasteiger partial charge is 0.252 e. The number of carbonyl (C=O) groups excluding carboxylic acids is 1. The molecule has 5 heteroatoms. The summed E-state index contributed by atoms with van der Waals surface area (Å²) in [5.74, 6) is 0.110. The fourth-order valence-electron chi connectivity index (χ4n) is 1.42. The molecule has 0 bridgehead atoms. The van der Waals surface area contributed by atoms with E-state index in [1.54, 1.807) is 12.1 Å². The first-order valence-corrected chi connectivity index (χ1v) is 5.05. The van der Waals surface area contributed by atoms with E-state index in [0.29, 0.717) is 5.82 Å². The first-order valence-electron chi connectivity index (χ1n) is 5.05. The average molecular weight is 228 g/mol. The Kier molecular flexibility index (Phi) is 2.91. The van der Waals surface area contributed by atoms with Crippen molar-refractivity contribution in [2.45, 2.75) is 0 Å². The topological polar surface area (TPSA) is 94.0 Å². The minimum absolute atomic E-state index is 0.124. The molecule has 1 heterocycles. The third-order valence-electron chi connectivity index (χ3n) is 2.24. The molecule has 1 aromatic carbocycles. The zero-order valence-corrected chi connectivity index (χ0v) is 9.05. The van der Waals surface area contributed by atoms with Crippen LogP contribution in [0.3, 0.4) is 0 Å². The highest BCUT2D eigenvalue weighted by atomic mass is 16.1. The van der Waals surface area contributed by atoms with Gasteiger partial charge in [-0.25, -0.2) is 4.98 Å². The Morgan fingerprint density at radius 1 is 1.12 bits per heavy atom. The quantitative estimate of drug-likeness (QED) is 0.742. The van der Waals surface area contributed by atoms with Crippen molar-refractivity contribution in [3.63, 3.8) is 0 Å². The van der Waals surface area contributed by atoms with Crippen molar-refractivity contribution in [2.24, 2.45) is 5.73 Å². The van der Waals surface area contributed by atoms with Crippen molar-refractivity contribution in [1.29, 1.82) is 0 Å². The van der Waals surface area contributed by atoms with Gasteiger partial charge in [-0.1, -0.05) is 18.2 Å². The van der Waals surface area contributed by atoms with E-state index in [4.69, 9.17) is 11.5 Å². The lowest BCUT2D eigenvalue weighted by molar-refractivity contribution is 0.100. The number of anilines is 3. The Bertz CT molecular complexity index is 539. The molecule has 1 aromatic heterocycles. The number of primary amides is 1. The van der Waals surface area contributed by atoms with Gasteiger partial charge in [0.2, 0.25) is 0 Å². The number of amides is 1. The number of hydrogen-bond donors (Lipinski definition) is 3. The van der Waals surface area contributed by atoms with Gasteiger partial charge in [0, 0.05) is 5.69 Å². The Morgan fingerprint density at radius 2 is 1.82 bits per heavy atom. The Hall–Kier alpha value is -2.56. The van der Waals surface area contributed by atoms with Crippen LogP contribution in [0.1, 0.15) is 10.4 Å². The van der Waals surface area contributed by atoms with Gasteiger partial charge in [0.25, 0.3) is 5.91 Å². The normalized spacial score (nSPS) is 9.88. The van der Waals surface area contributed by atoms with E-state index in [2.05, 4.69) is 10.3 Å². The van der Waals surface area contributed by atoms with Crippen LogP contribution in [0.5, 0.6) is 0 Å². The Balaban J connectivity index is 2.24. The van der Waals surface area contributed by atoms with Crippen LogP contribution in [-0.2, 0) is 0 Å². The Morgan fingerprint density at radius 3 is 2.41 bits per heavy atom. The summed E-state index contributed by atoms with van der Waals surface area (Å²) < 4.78 is 0. The lowest BCUT2D eigenvalue weighted by Gasteiger charge is -2.07. The van der Waals surface area contributed by atoms with E-state index in [9.17, 15) is 4.79 Å². The van der Waals surface area contributed by atoms with Gasteiger partial charge in [-0.15, -0.1) is 0 Å². The third-order valence-corrected chi connectivity index (χ3v) is 2.24. The molecule has 0 atom stereocenters. The number of hydrogen-bond acceptors (Lipinski definition) is 4. The van der Waals surface area contributed by atoms with Crippen LogP contribution < -0.4 is 16.8 Å². The molecule has 0 radical (unpaired) electrons. The minimum Gasteiger partial charge on any atom is -0.383 e. The highest BCUT2D eigenvalue weighted by Gasteiger charge is 2.07. The molecule has 0 spiro atoms. The van der Waals surface area contributed by atoms with Gasteiger partial charge in [0.15, 0.2) is 0 Å². The number of nitrogen functional groups attached to an aromatic ring is 1. The van der Waals surface area contributed by atoms with Crippen LogP contribution in [-0.4, -0.2) is 10.9 Å². The van der Waals surface area contributed by atoms with Gasteiger partial charge >= 0.3 is 0 Å². The van der Waals surface area contributed by atoms with E-state index in [1.165, 1.54) is 0 Å². The number of aromatic nitrogens is 1. The summed E-state index contributed by atoms with van der Waals surface area (Å²) in [6.45, 7) is 0. The second kappa shape index (κ2) is 4.52. The van der Waals surface area contributed by atoms with Crippen LogP contribution >= 0.6 is 0 Å². The second-order valence-corrected chi connectivity index (χ2v) is 3.48. The number of nitrogens with two attached hydrogens (primary N) is 2. The molecule has 2 rings (SSSR count). The molecule has 0 saturated heterocycles. The largest absolute Gasteiger partial charge is 0.383 e. The van der Waals surface area contributed by atoms with Crippen molar-refractivity contribution in [3.8, 4) is 0 Å². The first kappa shape index (κ1) is 10.9. The molecular formula is C12H12N4O. The molecule has 0 saturated carbocycles. The number of benzene rings is 1. The SMILES string of the molecule is NC(=O)c1ccc(Nc2ccccc2)nc1N. The minimum atomic E-state index is -0.582. The third kappa shape index (κ3) is 2.52. The summed E-state index contributed by atoms with van der Waals surface area (Å²) in [4.78, 5) is 15.0. The molecule has 5 nitrogen and oxygen atoms in total. The second-order valence-electron chi connectivity index (χ2n) is 3.48. The van der Waals surface area contributed by atoms with E-state index >= 15 is 0 Å². The molecule has 0 aliphatic rings. The maximum Gasteiger partial charge on any atom is 0.252 e. The molecular weight excluding hydrogens is 216 g/mol. The van der Waals surface area contributed by atoms with E-state index in [1.807, 2.05) is 30.3 Å². The van der Waals surface area contributed by atoms with Crippen molar-refractivity contribution in [2.75, 3.05) is 11.1 Å². The maximum atomic E-state index is 11.0. The molecule has 0 fully saturated rings. The van der Waals surface area contributed by atoms with Crippen LogP contribution in [0.25, 0.3) is 0 Å². The molecule has 0 aliphatic carbocycles. The number of nitrogens with one attached hydrogen (secondary N) is 1. The number of pyridine rings is 1. The van der Waals surface area contributed by atoms with Gasteiger partial charge in [0.1, 0.15) is 11.6 Å². The molecule has 0 aliphatic heterocycles. The Labute approximate surface area is 98.5 Å². The van der Waals surface area contributed by atoms with Crippen LogP contribution in [0, 0.1) is 0 Å². The van der Waals surface area contributed by atoms with E-state index < -0.39 is 5.91 Å². The standard InChI is InChI=1S/C12H12N4O/c13-11-9(12(14)17)6-7-10(16-11)15-8-4-2-1-3-5-8/h1-7H,(H2,14,17)(H3,13,15,16). The number of nitrogens with zero attached hydrogens (tertiary/aromatic N) is 1. The summed E-state index contributed by atoms with van der Waals surface area (Å²) in [5, 5.41) is 3.07. The number of rotatable bonds is 3. The summed E-state index contributed by atoms with van der Waals surface area (Å²) in [5.41, 5.74) is 11.9. The van der Waals surface area contributed by atoms with Crippen LogP contribution in [0.15, 0.2) is 42.5 Å². The molecule has 0 unspecified atom stereocenters. The molecule has 5 N–H and O–H groups in total.